The molecule has 0 spiro atoms. The Labute approximate surface area is 97.3 Å². The Balaban J connectivity index is 1.95. The topological polar surface area (TPSA) is 29.5 Å². The van der Waals surface area contributed by atoms with E-state index in [1.165, 1.54) is 24.8 Å². The van der Waals surface area contributed by atoms with Crippen LogP contribution < -0.4 is 0 Å². The fraction of sp³-hybridized carbons (Fsp3) is 0.571. The molecule has 1 aromatic carbocycles. The van der Waals surface area contributed by atoms with Gasteiger partial charge in [0.2, 0.25) is 0 Å². The fourth-order valence-electron chi connectivity index (χ4n) is 2.13. The van der Waals surface area contributed by atoms with Gasteiger partial charge in [0.25, 0.3) is 0 Å². The third-order valence-corrected chi connectivity index (χ3v) is 3.51. The number of benzene rings is 1. The number of hydrogen-bond acceptors (Lipinski definition) is 2. The van der Waals surface area contributed by atoms with E-state index in [0.717, 1.165) is 18.6 Å². The third-order valence-electron chi connectivity index (χ3n) is 3.51. The zero-order valence-electron chi connectivity index (χ0n) is 9.86. The molecule has 0 amide bonds. The van der Waals surface area contributed by atoms with Crippen molar-refractivity contribution in [3.8, 4) is 0 Å². The summed E-state index contributed by atoms with van der Waals surface area (Å²) < 4.78 is 5.04. The molecule has 16 heavy (non-hydrogen) atoms. The van der Waals surface area contributed by atoms with Crippen molar-refractivity contribution < 1.29 is 9.84 Å². The Morgan fingerprint density at radius 1 is 1.31 bits per heavy atom. The Hall–Kier alpha value is -0.860. The second kappa shape index (κ2) is 5.46. The lowest BCUT2D eigenvalue weighted by Gasteiger charge is -2.30. The summed E-state index contributed by atoms with van der Waals surface area (Å²) in [5, 5.41) is 10.1. The summed E-state index contributed by atoms with van der Waals surface area (Å²) >= 11 is 0. The second-order valence-electron chi connectivity index (χ2n) is 4.62. The Bertz CT molecular complexity index is 314. The molecule has 0 saturated heterocycles. The minimum Gasteiger partial charge on any atom is -0.388 e. The average molecular weight is 220 g/mol. The van der Waals surface area contributed by atoms with Crippen molar-refractivity contribution in [1.82, 2.24) is 0 Å². The van der Waals surface area contributed by atoms with Crippen molar-refractivity contribution in [2.75, 3.05) is 13.7 Å². The maximum Gasteiger partial charge on any atom is 0.0818 e. The monoisotopic (exact) mass is 220 g/mol. The highest BCUT2D eigenvalue weighted by Crippen LogP contribution is 2.37. The molecule has 2 rings (SSSR count). The van der Waals surface area contributed by atoms with Gasteiger partial charge in [-0.05, 0) is 36.3 Å². The number of ether oxygens (including phenoxy) is 1. The molecule has 0 heterocycles. The third kappa shape index (κ3) is 2.63. The van der Waals surface area contributed by atoms with Crippen LogP contribution in [0.1, 0.15) is 36.5 Å². The predicted octanol–water partition coefficient (Wildman–Crippen LogP) is 2.71. The second-order valence-corrected chi connectivity index (χ2v) is 4.62. The first kappa shape index (κ1) is 11.6. The van der Waals surface area contributed by atoms with E-state index in [4.69, 9.17) is 4.74 Å². The van der Waals surface area contributed by atoms with Gasteiger partial charge in [0.15, 0.2) is 0 Å². The molecular weight excluding hydrogens is 200 g/mol. The SMILES string of the molecule is COCCc1ccc(C(O)C2CCC2)cc1. The van der Waals surface area contributed by atoms with Crippen molar-refractivity contribution in [3.05, 3.63) is 35.4 Å². The highest BCUT2D eigenvalue weighted by molar-refractivity contribution is 5.25. The lowest BCUT2D eigenvalue weighted by atomic mass is 9.79. The molecule has 88 valence electrons. The van der Waals surface area contributed by atoms with E-state index in [9.17, 15) is 5.11 Å². The van der Waals surface area contributed by atoms with Crippen molar-refractivity contribution >= 4 is 0 Å². The van der Waals surface area contributed by atoms with E-state index < -0.39 is 0 Å². The summed E-state index contributed by atoms with van der Waals surface area (Å²) in [5.41, 5.74) is 2.33. The molecule has 1 atom stereocenters. The van der Waals surface area contributed by atoms with E-state index in [-0.39, 0.29) is 6.10 Å². The number of methoxy groups -OCH3 is 1. The first-order valence-electron chi connectivity index (χ1n) is 6.07. The highest BCUT2D eigenvalue weighted by Gasteiger charge is 2.26. The van der Waals surface area contributed by atoms with Crippen LogP contribution in [-0.4, -0.2) is 18.8 Å². The molecule has 0 bridgehead atoms. The lowest BCUT2D eigenvalue weighted by molar-refractivity contribution is 0.0621. The largest absolute Gasteiger partial charge is 0.388 e. The Kier molecular flexibility index (Phi) is 3.97. The van der Waals surface area contributed by atoms with Crippen LogP contribution in [0, 0.1) is 5.92 Å². The molecule has 1 saturated carbocycles. The van der Waals surface area contributed by atoms with Crippen LogP contribution >= 0.6 is 0 Å². The van der Waals surface area contributed by atoms with Gasteiger partial charge in [-0.15, -0.1) is 0 Å². The molecule has 1 N–H and O–H groups in total. The van der Waals surface area contributed by atoms with Gasteiger partial charge in [0.05, 0.1) is 12.7 Å². The molecule has 1 aliphatic rings. The van der Waals surface area contributed by atoms with Crippen LogP contribution in [0.4, 0.5) is 0 Å². The van der Waals surface area contributed by atoms with Crippen LogP contribution in [0.15, 0.2) is 24.3 Å². The van der Waals surface area contributed by atoms with Gasteiger partial charge in [0.1, 0.15) is 0 Å². The highest BCUT2D eigenvalue weighted by atomic mass is 16.5. The van der Waals surface area contributed by atoms with Gasteiger partial charge in [-0.2, -0.15) is 0 Å². The number of hydrogen-bond donors (Lipinski definition) is 1. The summed E-state index contributed by atoms with van der Waals surface area (Å²) in [6.07, 6.45) is 4.30. The number of aliphatic hydroxyl groups is 1. The van der Waals surface area contributed by atoms with Gasteiger partial charge in [-0.1, -0.05) is 30.7 Å². The molecule has 0 aromatic heterocycles. The molecule has 2 heteroatoms. The van der Waals surface area contributed by atoms with Gasteiger partial charge in [-0.3, -0.25) is 0 Å². The van der Waals surface area contributed by atoms with Crippen molar-refractivity contribution in [2.45, 2.75) is 31.8 Å². The smallest absolute Gasteiger partial charge is 0.0818 e. The zero-order chi connectivity index (χ0) is 11.4. The van der Waals surface area contributed by atoms with Crippen molar-refractivity contribution in [2.24, 2.45) is 5.92 Å². The van der Waals surface area contributed by atoms with E-state index in [1.54, 1.807) is 7.11 Å². The minimum atomic E-state index is -0.259. The molecule has 1 aliphatic carbocycles. The van der Waals surface area contributed by atoms with Crippen molar-refractivity contribution in [3.63, 3.8) is 0 Å². The van der Waals surface area contributed by atoms with Crippen LogP contribution in [0.5, 0.6) is 0 Å². The van der Waals surface area contributed by atoms with E-state index in [0.29, 0.717) is 5.92 Å². The van der Waals surface area contributed by atoms with Gasteiger partial charge >= 0.3 is 0 Å². The summed E-state index contributed by atoms with van der Waals surface area (Å²) in [4.78, 5) is 0. The summed E-state index contributed by atoms with van der Waals surface area (Å²) in [5.74, 6) is 0.491. The quantitative estimate of drug-likeness (QED) is 0.826. The molecule has 1 aromatic rings. The maximum atomic E-state index is 10.1. The molecule has 1 unspecified atom stereocenters. The summed E-state index contributed by atoms with van der Waals surface area (Å²) in [7, 11) is 1.72. The minimum absolute atomic E-state index is 0.259. The molecule has 2 nitrogen and oxygen atoms in total. The van der Waals surface area contributed by atoms with Gasteiger partial charge in [0, 0.05) is 7.11 Å². The van der Waals surface area contributed by atoms with Crippen LogP contribution in [-0.2, 0) is 11.2 Å². The fourth-order valence-corrected chi connectivity index (χ4v) is 2.13. The lowest BCUT2D eigenvalue weighted by Crippen LogP contribution is -2.19. The van der Waals surface area contributed by atoms with E-state index in [1.807, 2.05) is 12.1 Å². The Morgan fingerprint density at radius 3 is 2.50 bits per heavy atom. The van der Waals surface area contributed by atoms with Gasteiger partial charge in [-0.25, -0.2) is 0 Å². The molecular formula is C14H20O2. The number of rotatable bonds is 5. The Morgan fingerprint density at radius 2 is 2.00 bits per heavy atom. The predicted molar refractivity (Wildman–Crippen MR) is 64.3 cm³/mol. The van der Waals surface area contributed by atoms with Gasteiger partial charge < -0.3 is 9.84 Å². The summed E-state index contributed by atoms with van der Waals surface area (Å²) in [6.45, 7) is 0.754. The van der Waals surface area contributed by atoms with Crippen LogP contribution in [0.25, 0.3) is 0 Å². The zero-order valence-corrected chi connectivity index (χ0v) is 9.86. The molecule has 0 radical (unpaired) electrons. The van der Waals surface area contributed by atoms with Crippen molar-refractivity contribution in [1.29, 1.82) is 0 Å². The molecule has 1 fully saturated rings. The standard InChI is InChI=1S/C14H20O2/c1-16-10-9-11-5-7-13(8-6-11)14(15)12-3-2-4-12/h5-8,12,14-15H,2-4,9-10H2,1H3. The molecule has 0 aliphatic heterocycles. The average Bonchev–Trinajstić information content (AvgIpc) is 2.24. The van der Waals surface area contributed by atoms with Crippen LogP contribution in [0.3, 0.4) is 0 Å². The normalized spacial score (nSPS) is 18.1. The van der Waals surface area contributed by atoms with E-state index >= 15 is 0 Å². The first-order chi connectivity index (χ1) is 7.81. The maximum absolute atomic E-state index is 10.1. The summed E-state index contributed by atoms with van der Waals surface area (Å²) in [6, 6.07) is 8.29. The first-order valence-corrected chi connectivity index (χ1v) is 6.07. The van der Waals surface area contributed by atoms with Crippen LogP contribution in [0.2, 0.25) is 0 Å². The number of aliphatic hydroxyl groups excluding tert-OH is 1. The van der Waals surface area contributed by atoms with E-state index in [2.05, 4.69) is 12.1 Å².